The Hall–Kier alpha value is 0.217. The summed E-state index contributed by atoms with van der Waals surface area (Å²) in [5.41, 5.74) is 0. The topological polar surface area (TPSA) is 0 Å². The van der Waals surface area contributed by atoms with Crippen LogP contribution < -0.4 is 0 Å². The summed E-state index contributed by atoms with van der Waals surface area (Å²) in [5, 5.41) is 0. The van der Waals surface area contributed by atoms with Gasteiger partial charge in [0.25, 0.3) is 0 Å². The van der Waals surface area contributed by atoms with E-state index in [1.807, 2.05) is 0 Å². The molecular weight excluding hydrogens is 172 g/mol. The first-order valence-electron chi connectivity index (χ1n) is 6.35. The quantitative estimate of drug-likeness (QED) is 0.604. The van der Waals surface area contributed by atoms with Gasteiger partial charge in [-0.2, -0.15) is 0 Å². The Balaban J connectivity index is 0.000000424. The Morgan fingerprint density at radius 2 is 1.62 bits per heavy atom. The highest BCUT2D eigenvalue weighted by molar-refractivity contribution is 6.31. The Bertz CT molecular complexity index is 85.1. The fourth-order valence-electron chi connectivity index (χ4n) is 1.97. The monoisotopic (exact) mass is 200 g/mol. The Kier molecular flexibility index (Phi) is 10.5. The third kappa shape index (κ3) is 8.54. The van der Waals surface area contributed by atoms with Crippen LogP contribution >= 0.6 is 0 Å². The van der Waals surface area contributed by atoms with E-state index in [4.69, 9.17) is 0 Å². The lowest BCUT2D eigenvalue weighted by Crippen LogP contribution is -2.05. The van der Waals surface area contributed by atoms with E-state index in [1.54, 1.807) is 0 Å². The van der Waals surface area contributed by atoms with Crippen molar-refractivity contribution in [2.75, 3.05) is 0 Å². The molecule has 0 nitrogen and oxygen atoms in total. The van der Waals surface area contributed by atoms with Crippen molar-refractivity contribution in [3.05, 3.63) is 0 Å². The van der Waals surface area contributed by atoms with E-state index in [0.717, 1.165) is 5.92 Å². The molecule has 1 heteroatoms. The fraction of sp³-hybridized carbons (Fsp3) is 1.00. The van der Waals surface area contributed by atoms with E-state index in [2.05, 4.69) is 20.0 Å². The average molecular weight is 200 g/mol. The minimum atomic E-state index is 0.417. The highest BCUT2D eigenvalue weighted by atomic mass is 28.2. The maximum Gasteiger partial charge on any atom is 0.0135 e. The van der Waals surface area contributed by atoms with Crippen LogP contribution in [-0.2, 0) is 0 Å². The minimum absolute atomic E-state index is 0.417. The maximum absolute atomic E-state index is 2.29. The molecule has 1 rings (SSSR count). The molecule has 0 radical (unpaired) electrons. The largest absolute Gasteiger partial charge is 0.0750 e. The molecule has 0 unspecified atom stereocenters. The summed E-state index contributed by atoms with van der Waals surface area (Å²) in [6.45, 7) is 6.82. The van der Waals surface area contributed by atoms with Crippen LogP contribution in [0.2, 0.25) is 13.1 Å². The fourth-order valence-corrected chi connectivity index (χ4v) is 1.97. The van der Waals surface area contributed by atoms with Crippen molar-refractivity contribution >= 4 is 9.52 Å². The van der Waals surface area contributed by atoms with Gasteiger partial charge in [-0.1, -0.05) is 71.4 Å². The van der Waals surface area contributed by atoms with Crippen molar-refractivity contribution in [2.24, 2.45) is 5.92 Å². The van der Waals surface area contributed by atoms with Gasteiger partial charge in [0.2, 0.25) is 0 Å². The second-order valence-corrected chi connectivity index (χ2v) is 5.77. The third-order valence-electron chi connectivity index (χ3n) is 2.69. The molecule has 0 N–H and O–H groups in total. The molecule has 0 amide bonds. The first kappa shape index (κ1) is 13.2. The molecule has 0 atom stereocenters. The van der Waals surface area contributed by atoms with Crippen LogP contribution in [-0.4, -0.2) is 9.52 Å². The summed E-state index contributed by atoms with van der Waals surface area (Å²) in [6.07, 6.45) is 11.9. The van der Waals surface area contributed by atoms with Crippen LogP contribution in [0, 0.1) is 5.92 Å². The number of hydrogen-bond donors (Lipinski definition) is 0. The lowest BCUT2D eigenvalue weighted by Gasteiger charge is -2.20. The summed E-state index contributed by atoms with van der Waals surface area (Å²) in [4.78, 5) is 0. The van der Waals surface area contributed by atoms with Crippen molar-refractivity contribution in [1.82, 2.24) is 0 Å². The molecular formula is C12H28Si. The van der Waals surface area contributed by atoms with Gasteiger partial charge in [0.15, 0.2) is 0 Å². The van der Waals surface area contributed by atoms with Gasteiger partial charge in [0, 0.05) is 9.52 Å². The molecule has 1 aliphatic carbocycles. The second kappa shape index (κ2) is 10.3. The molecule has 0 aliphatic heterocycles. The van der Waals surface area contributed by atoms with E-state index < -0.39 is 0 Å². The highest BCUT2D eigenvalue weighted by Crippen LogP contribution is 2.27. The summed E-state index contributed by atoms with van der Waals surface area (Å²) >= 11 is 0. The average Bonchev–Trinajstić information content (AvgIpc) is 2.18. The van der Waals surface area contributed by atoms with Crippen LogP contribution in [0.3, 0.4) is 0 Å². The van der Waals surface area contributed by atoms with Crippen LogP contribution in [0.1, 0.15) is 58.3 Å². The van der Waals surface area contributed by atoms with Gasteiger partial charge in [-0.25, -0.2) is 0 Å². The van der Waals surface area contributed by atoms with Crippen molar-refractivity contribution < 1.29 is 0 Å². The summed E-state index contributed by atoms with van der Waals surface area (Å²) in [7, 11) is 0.417. The van der Waals surface area contributed by atoms with Gasteiger partial charge in [-0.3, -0.25) is 0 Å². The van der Waals surface area contributed by atoms with E-state index in [0.29, 0.717) is 9.52 Å². The highest BCUT2D eigenvalue weighted by Gasteiger charge is 2.11. The molecule has 1 saturated carbocycles. The molecule has 1 aliphatic rings. The molecule has 13 heavy (non-hydrogen) atoms. The molecule has 0 aromatic rings. The van der Waals surface area contributed by atoms with Crippen molar-refractivity contribution in [1.29, 1.82) is 0 Å². The SMILES string of the molecule is CCCCC1CCCCC1.C[SiH2]C. The number of unbranched alkanes of at least 4 members (excludes halogenated alkanes) is 1. The van der Waals surface area contributed by atoms with Gasteiger partial charge in [0.05, 0.1) is 0 Å². The summed E-state index contributed by atoms with van der Waals surface area (Å²) < 4.78 is 0. The first-order chi connectivity index (χ1) is 6.35. The molecule has 0 saturated heterocycles. The molecule has 0 aromatic carbocycles. The van der Waals surface area contributed by atoms with E-state index in [9.17, 15) is 0 Å². The molecule has 0 heterocycles. The zero-order valence-corrected chi connectivity index (χ0v) is 11.4. The third-order valence-corrected chi connectivity index (χ3v) is 2.69. The lowest BCUT2D eigenvalue weighted by atomic mass is 9.86. The molecule has 80 valence electrons. The van der Waals surface area contributed by atoms with Crippen LogP contribution in [0.4, 0.5) is 0 Å². The van der Waals surface area contributed by atoms with E-state index in [1.165, 1.54) is 51.4 Å². The lowest BCUT2D eigenvalue weighted by molar-refractivity contribution is 0.331. The number of rotatable bonds is 3. The van der Waals surface area contributed by atoms with Crippen LogP contribution in [0.25, 0.3) is 0 Å². The Labute approximate surface area is 87.3 Å². The summed E-state index contributed by atoms with van der Waals surface area (Å²) in [5.74, 6) is 1.11. The van der Waals surface area contributed by atoms with Crippen molar-refractivity contribution in [2.45, 2.75) is 71.4 Å². The van der Waals surface area contributed by atoms with E-state index >= 15 is 0 Å². The predicted octanol–water partition coefficient (Wildman–Crippen LogP) is 4.01. The van der Waals surface area contributed by atoms with E-state index in [-0.39, 0.29) is 0 Å². The summed E-state index contributed by atoms with van der Waals surface area (Å²) in [6, 6.07) is 0. The molecule has 0 spiro atoms. The zero-order chi connectivity index (χ0) is 9.94. The van der Waals surface area contributed by atoms with Crippen LogP contribution in [0.15, 0.2) is 0 Å². The zero-order valence-electron chi connectivity index (χ0n) is 9.94. The predicted molar refractivity (Wildman–Crippen MR) is 66.4 cm³/mol. The maximum atomic E-state index is 2.29. The van der Waals surface area contributed by atoms with Crippen molar-refractivity contribution in [3.8, 4) is 0 Å². The molecule has 1 fully saturated rings. The first-order valence-corrected chi connectivity index (χ1v) is 9.17. The Morgan fingerprint density at radius 3 is 2.08 bits per heavy atom. The van der Waals surface area contributed by atoms with Gasteiger partial charge < -0.3 is 0 Å². The van der Waals surface area contributed by atoms with Gasteiger partial charge in [-0.05, 0) is 5.92 Å². The smallest absolute Gasteiger partial charge is 0.0135 e. The minimum Gasteiger partial charge on any atom is -0.0750 e. The molecule has 0 aromatic heterocycles. The van der Waals surface area contributed by atoms with Crippen molar-refractivity contribution in [3.63, 3.8) is 0 Å². The van der Waals surface area contributed by atoms with Crippen LogP contribution in [0.5, 0.6) is 0 Å². The van der Waals surface area contributed by atoms with Gasteiger partial charge in [-0.15, -0.1) is 0 Å². The van der Waals surface area contributed by atoms with Gasteiger partial charge >= 0.3 is 0 Å². The normalized spacial score (nSPS) is 17.8. The Morgan fingerprint density at radius 1 is 1.08 bits per heavy atom. The van der Waals surface area contributed by atoms with Gasteiger partial charge in [0.1, 0.15) is 0 Å². The molecule has 0 bridgehead atoms. The number of hydrogen-bond acceptors (Lipinski definition) is 0. The second-order valence-electron chi connectivity index (χ2n) is 4.35. The standard InChI is InChI=1S/C10H20.C2H8Si/c1-2-3-7-10-8-5-4-6-9-10;1-3-2/h10H,2-9H2,1H3;3H2,1-2H3.